The number of nitrogens with zero attached hydrogens (tertiary/aromatic N) is 2. The maximum absolute atomic E-state index is 5.43. The van der Waals surface area contributed by atoms with Crippen LogP contribution in [-0.2, 0) is 13.1 Å². The van der Waals surface area contributed by atoms with Crippen molar-refractivity contribution < 1.29 is 0 Å². The largest absolute Gasteiger partial charge is 0.329 e. The van der Waals surface area contributed by atoms with Crippen molar-refractivity contribution in [3.63, 3.8) is 0 Å². The Morgan fingerprint density at radius 2 is 1.28 bits per heavy atom. The molecule has 0 unspecified atom stereocenters. The summed E-state index contributed by atoms with van der Waals surface area (Å²) in [5, 5.41) is 14.9. The van der Waals surface area contributed by atoms with Gasteiger partial charge in [-0.15, -0.1) is 0 Å². The topological polar surface area (TPSA) is 87.9 Å². The van der Waals surface area contributed by atoms with Crippen LogP contribution in [0.25, 0.3) is 21.5 Å². The number of hydrogen-bond acceptors (Lipinski definition) is 6. The Labute approximate surface area is 190 Å². The van der Waals surface area contributed by atoms with Gasteiger partial charge in [0.15, 0.2) is 0 Å². The van der Waals surface area contributed by atoms with E-state index in [0.29, 0.717) is 6.54 Å². The van der Waals surface area contributed by atoms with Gasteiger partial charge < -0.3 is 21.7 Å². The molecular formula is C26H34N6. The van der Waals surface area contributed by atoms with E-state index in [0.717, 1.165) is 39.1 Å². The van der Waals surface area contributed by atoms with Crippen LogP contribution in [0.4, 0.5) is 0 Å². The Balaban J connectivity index is 0.000000182. The van der Waals surface area contributed by atoms with Gasteiger partial charge >= 0.3 is 0 Å². The van der Waals surface area contributed by atoms with Crippen LogP contribution >= 0.6 is 0 Å². The van der Waals surface area contributed by atoms with E-state index in [2.05, 4.69) is 74.4 Å². The monoisotopic (exact) mass is 430 g/mol. The molecule has 2 aromatic heterocycles. The number of hydrogen-bond donors (Lipinski definition) is 4. The van der Waals surface area contributed by atoms with Crippen molar-refractivity contribution in [1.29, 1.82) is 0 Å². The highest BCUT2D eigenvalue weighted by Gasteiger charge is 2.00. The van der Waals surface area contributed by atoms with Gasteiger partial charge in [0.05, 0.1) is 0 Å². The Morgan fingerprint density at radius 1 is 0.719 bits per heavy atom. The molecule has 0 aliphatic carbocycles. The molecular weight excluding hydrogens is 396 g/mol. The molecule has 0 radical (unpaired) electrons. The molecule has 0 atom stereocenters. The van der Waals surface area contributed by atoms with E-state index >= 15 is 0 Å². The number of rotatable bonds is 10. The van der Waals surface area contributed by atoms with Crippen molar-refractivity contribution in [3.05, 3.63) is 84.4 Å². The van der Waals surface area contributed by atoms with Crippen LogP contribution in [0.1, 0.15) is 17.5 Å². The Kier molecular flexibility index (Phi) is 10.0. The first kappa shape index (κ1) is 23.8. The van der Waals surface area contributed by atoms with Gasteiger partial charge in [-0.25, -0.2) is 0 Å². The van der Waals surface area contributed by atoms with Crippen LogP contribution in [0, 0.1) is 0 Å². The van der Waals surface area contributed by atoms with Crippen molar-refractivity contribution in [1.82, 2.24) is 25.9 Å². The summed E-state index contributed by atoms with van der Waals surface area (Å²) in [6.45, 7) is 5.41. The summed E-state index contributed by atoms with van der Waals surface area (Å²) in [7, 11) is 1.98. The van der Waals surface area contributed by atoms with E-state index in [9.17, 15) is 0 Å². The molecule has 0 bridgehead atoms. The van der Waals surface area contributed by atoms with Gasteiger partial charge in [0, 0.05) is 61.7 Å². The SMILES string of the molecule is CNCCCNCc1cccc2cnccc12.NCCNCc1cccc2cnccc12. The summed E-state index contributed by atoms with van der Waals surface area (Å²) in [5.74, 6) is 0. The first-order valence-electron chi connectivity index (χ1n) is 11.2. The molecule has 168 valence electrons. The molecule has 6 heteroatoms. The normalized spacial score (nSPS) is 10.8. The quantitative estimate of drug-likeness (QED) is 0.289. The lowest BCUT2D eigenvalue weighted by molar-refractivity contribution is 0.627. The molecule has 2 heterocycles. The van der Waals surface area contributed by atoms with Crippen molar-refractivity contribution in [2.45, 2.75) is 19.5 Å². The van der Waals surface area contributed by atoms with Gasteiger partial charge in [0.25, 0.3) is 0 Å². The maximum atomic E-state index is 5.43. The summed E-state index contributed by atoms with van der Waals surface area (Å²) >= 11 is 0. The summed E-state index contributed by atoms with van der Waals surface area (Å²) in [4.78, 5) is 8.26. The van der Waals surface area contributed by atoms with Crippen molar-refractivity contribution in [2.75, 3.05) is 33.2 Å². The average Bonchev–Trinajstić information content (AvgIpc) is 2.85. The van der Waals surface area contributed by atoms with Crippen LogP contribution in [0.5, 0.6) is 0 Å². The zero-order chi connectivity index (χ0) is 22.4. The van der Waals surface area contributed by atoms with Crippen molar-refractivity contribution in [2.24, 2.45) is 5.73 Å². The highest BCUT2D eigenvalue weighted by atomic mass is 14.9. The van der Waals surface area contributed by atoms with E-state index in [1.165, 1.54) is 32.7 Å². The van der Waals surface area contributed by atoms with E-state index in [4.69, 9.17) is 5.73 Å². The molecule has 0 fully saturated rings. The zero-order valence-electron chi connectivity index (χ0n) is 18.8. The molecule has 0 saturated heterocycles. The third-order valence-electron chi connectivity index (χ3n) is 5.27. The second kappa shape index (κ2) is 13.5. The van der Waals surface area contributed by atoms with E-state index in [-0.39, 0.29) is 0 Å². The van der Waals surface area contributed by atoms with Gasteiger partial charge in [-0.3, -0.25) is 9.97 Å². The number of benzene rings is 2. The van der Waals surface area contributed by atoms with Crippen LogP contribution < -0.4 is 21.7 Å². The standard InChI is InChI=1S/C14H19N3.C12H15N3/c1-15-7-3-8-16-10-12-4-2-5-13-11-17-9-6-14(12)13;13-5-7-15-9-11-3-1-2-10-8-14-6-4-12(10)11/h2,4-6,9,11,15-16H,3,7-8,10H2,1H3;1-4,6,8,15H,5,7,9,13H2. The first-order chi connectivity index (χ1) is 15.8. The van der Waals surface area contributed by atoms with Crippen molar-refractivity contribution >= 4 is 21.5 Å². The lowest BCUT2D eigenvalue weighted by Gasteiger charge is -2.07. The summed E-state index contributed by atoms with van der Waals surface area (Å²) in [5.41, 5.74) is 8.07. The molecule has 0 aliphatic rings. The second-order valence-electron chi connectivity index (χ2n) is 7.63. The summed E-state index contributed by atoms with van der Waals surface area (Å²) < 4.78 is 0. The smallest absolute Gasteiger partial charge is 0.0346 e. The van der Waals surface area contributed by atoms with E-state index < -0.39 is 0 Å². The van der Waals surface area contributed by atoms with Gasteiger partial charge in [0.2, 0.25) is 0 Å². The van der Waals surface area contributed by atoms with Crippen LogP contribution in [0.3, 0.4) is 0 Å². The lowest BCUT2D eigenvalue weighted by atomic mass is 10.1. The molecule has 2 aromatic carbocycles. The molecule has 0 saturated carbocycles. The number of nitrogens with two attached hydrogens (primary N) is 1. The minimum Gasteiger partial charge on any atom is -0.329 e. The third kappa shape index (κ3) is 7.07. The zero-order valence-corrected chi connectivity index (χ0v) is 18.8. The third-order valence-corrected chi connectivity index (χ3v) is 5.27. The number of fused-ring (bicyclic) bond motifs is 2. The van der Waals surface area contributed by atoms with E-state index in [1.54, 1.807) is 0 Å². The lowest BCUT2D eigenvalue weighted by Crippen LogP contribution is -2.21. The molecule has 32 heavy (non-hydrogen) atoms. The van der Waals surface area contributed by atoms with Crippen LogP contribution in [-0.4, -0.2) is 43.2 Å². The molecule has 4 rings (SSSR count). The minimum absolute atomic E-state index is 0.673. The minimum atomic E-state index is 0.673. The fraction of sp³-hybridized carbons (Fsp3) is 0.308. The highest BCUT2D eigenvalue weighted by Crippen LogP contribution is 2.17. The van der Waals surface area contributed by atoms with Gasteiger partial charge in [-0.05, 0) is 60.6 Å². The van der Waals surface area contributed by atoms with Gasteiger partial charge in [-0.1, -0.05) is 36.4 Å². The highest BCUT2D eigenvalue weighted by molar-refractivity contribution is 5.85. The summed E-state index contributed by atoms with van der Waals surface area (Å²) in [6, 6.07) is 16.8. The molecule has 0 amide bonds. The maximum Gasteiger partial charge on any atom is 0.0346 e. The average molecular weight is 431 g/mol. The molecule has 5 N–H and O–H groups in total. The van der Waals surface area contributed by atoms with Crippen LogP contribution in [0.15, 0.2) is 73.3 Å². The molecule has 0 spiro atoms. The number of nitrogens with one attached hydrogen (secondary N) is 3. The first-order valence-corrected chi connectivity index (χ1v) is 11.2. The molecule has 0 aliphatic heterocycles. The van der Waals surface area contributed by atoms with Gasteiger partial charge in [-0.2, -0.15) is 0 Å². The molecule has 6 nitrogen and oxygen atoms in total. The Morgan fingerprint density at radius 3 is 1.81 bits per heavy atom. The van der Waals surface area contributed by atoms with Crippen molar-refractivity contribution in [3.8, 4) is 0 Å². The fourth-order valence-electron chi connectivity index (χ4n) is 3.63. The number of pyridine rings is 2. The predicted molar refractivity (Wildman–Crippen MR) is 134 cm³/mol. The fourth-order valence-corrected chi connectivity index (χ4v) is 3.63. The summed E-state index contributed by atoms with van der Waals surface area (Å²) in [6.07, 6.45) is 8.64. The van der Waals surface area contributed by atoms with E-state index in [1.807, 2.05) is 31.8 Å². The van der Waals surface area contributed by atoms with Gasteiger partial charge in [0.1, 0.15) is 0 Å². The second-order valence-corrected chi connectivity index (χ2v) is 7.63. The Bertz CT molecular complexity index is 1070. The number of aromatic nitrogens is 2. The Hall–Kier alpha value is -2.90. The predicted octanol–water partition coefficient (Wildman–Crippen LogP) is 3.22. The molecule has 4 aromatic rings. The van der Waals surface area contributed by atoms with Crippen LogP contribution in [0.2, 0.25) is 0 Å².